The van der Waals surface area contributed by atoms with Crippen molar-refractivity contribution in [1.82, 2.24) is 5.32 Å². The molecule has 0 amide bonds. The molecule has 94 valence electrons. The first-order chi connectivity index (χ1) is 8.04. The second-order valence-corrected chi connectivity index (χ2v) is 3.76. The fourth-order valence-electron chi connectivity index (χ4n) is 1.26. The zero-order valence-electron chi connectivity index (χ0n) is 9.10. The molecule has 0 atom stereocenters. The third kappa shape index (κ3) is 5.24. The molecular formula is C12H13ClF3N. The van der Waals surface area contributed by atoms with E-state index in [9.17, 15) is 13.2 Å². The van der Waals surface area contributed by atoms with Gasteiger partial charge in [-0.2, -0.15) is 13.2 Å². The molecule has 0 unspecified atom stereocenters. The molecule has 0 saturated heterocycles. The summed E-state index contributed by atoms with van der Waals surface area (Å²) in [6, 6.07) is 5.12. The van der Waals surface area contributed by atoms with Gasteiger partial charge in [0.1, 0.15) is 0 Å². The van der Waals surface area contributed by atoms with E-state index in [2.05, 4.69) is 5.32 Å². The van der Waals surface area contributed by atoms with Crippen LogP contribution in [0.5, 0.6) is 0 Å². The predicted molar refractivity (Wildman–Crippen MR) is 63.0 cm³/mol. The number of rotatable bonds is 5. The first kappa shape index (κ1) is 14.1. The highest BCUT2D eigenvalue weighted by molar-refractivity contribution is 6.18. The van der Waals surface area contributed by atoms with Crippen molar-refractivity contribution < 1.29 is 13.2 Å². The minimum absolute atomic E-state index is 0.460. The summed E-state index contributed by atoms with van der Waals surface area (Å²) in [5.74, 6) is 0.460. The zero-order valence-corrected chi connectivity index (χ0v) is 9.85. The van der Waals surface area contributed by atoms with Gasteiger partial charge in [-0.15, -0.1) is 11.6 Å². The van der Waals surface area contributed by atoms with Crippen LogP contribution < -0.4 is 5.32 Å². The Labute approximate surface area is 103 Å². The van der Waals surface area contributed by atoms with Crippen molar-refractivity contribution in [1.29, 1.82) is 0 Å². The molecule has 1 aromatic carbocycles. The van der Waals surface area contributed by atoms with Crippen LogP contribution in [0.3, 0.4) is 0 Å². The lowest BCUT2D eigenvalue weighted by molar-refractivity contribution is -0.137. The van der Waals surface area contributed by atoms with Crippen molar-refractivity contribution >= 4 is 11.6 Å². The molecule has 1 N–H and O–H groups in total. The van der Waals surface area contributed by atoms with Crippen LogP contribution in [-0.2, 0) is 12.7 Å². The maximum atomic E-state index is 12.3. The Morgan fingerprint density at radius 2 is 1.76 bits per heavy atom. The van der Waals surface area contributed by atoms with Gasteiger partial charge in [-0.05, 0) is 17.7 Å². The lowest BCUT2D eigenvalue weighted by atomic mass is 10.1. The quantitative estimate of drug-likeness (QED) is 0.486. The van der Waals surface area contributed by atoms with Crippen LogP contribution in [0.25, 0.3) is 0 Å². The number of halogens is 4. The van der Waals surface area contributed by atoms with Gasteiger partial charge in [0.25, 0.3) is 0 Å². The molecule has 0 aliphatic rings. The molecule has 1 aromatic rings. The van der Waals surface area contributed by atoms with E-state index in [-0.39, 0.29) is 0 Å². The van der Waals surface area contributed by atoms with Gasteiger partial charge in [-0.1, -0.05) is 24.3 Å². The minimum atomic E-state index is -4.27. The number of nitrogens with one attached hydrogen (secondary N) is 1. The average molecular weight is 264 g/mol. The number of hydrogen-bond acceptors (Lipinski definition) is 1. The summed E-state index contributed by atoms with van der Waals surface area (Å²) >= 11 is 5.44. The van der Waals surface area contributed by atoms with Crippen LogP contribution in [0.1, 0.15) is 11.1 Å². The van der Waals surface area contributed by atoms with Crippen molar-refractivity contribution in [2.24, 2.45) is 0 Å². The molecule has 1 nitrogen and oxygen atoms in total. The molecule has 0 bridgehead atoms. The zero-order chi connectivity index (χ0) is 12.7. The number of alkyl halides is 4. The summed E-state index contributed by atoms with van der Waals surface area (Å²) in [6.07, 6.45) is -0.590. The van der Waals surface area contributed by atoms with Gasteiger partial charge in [-0.25, -0.2) is 0 Å². The van der Waals surface area contributed by atoms with Crippen molar-refractivity contribution in [3.05, 3.63) is 47.5 Å². The standard InChI is InChI=1S/C12H13ClF3N/c13-7-1-2-8-17-9-10-3-5-11(6-4-10)12(14,15)16/h1-6,17H,7-9H2/b2-1+. The maximum absolute atomic E-state index is 12.3. The number of hydrogen-bond donors (Lipinski definition) is 1. The maximum Gasteiger partial charge on any atom is 0.416 e. The molecule has 5 heteroatoms. The topological polar surface area (TPSA) is 12.0 Å². The highest BCUT2D eigenvalue weighted by atomic mass is 35.5. The fourth-order valence-corrected chi connectivity index (χ4v) is 1.38. The summed E-state index contributed by atoms with van der Waals surface area (Å²) in [4.78, 5) is 0. The Morgan fingerprint density at radius 3 is 2.29 bits per heavy atom. The third-order valence-corrected chi connectivity index (χ3v) is 2.31. The van der Waals surface area contributed by atoms with E-state index < -0.39 is 11.7 Å². The highest BCUT2D eigenvalue weighted by Crippen LogP contribution is 2.28. The van der Waals surface area contributed by atoms with Crippen LogP contribution in [-0.4, -0.2) is 12.4 Å². The molecule has 0 aliphatic carbocycles. The van der Waals surface area contributed by atoms with Crippen molar-refractivity contribution in [3.8, 4) is 0 Å². The number of benzene rings is 1. The second-order valence-electron chi connectivity index (χ2n) is 3.45. The molecule has 0 fully saturated rings. The SMILES string of the molecule is FC(F)(F)c1ccc(CNC/C=C/CCl)cc1. The van der Waals surface area contributed by atoms with E-state index in [1.807, 2.05) is 6.08 Å². The Bertz CT molecular complexity index is 357. The number of allylic oxidation sites excluding steroid dienone is 1. The summed E-state index contributed by atoms with van der Waals surface area (Å²) < 4.78 is 36.8. The van der Waals surface area contributed by atoms with Crippen molar-refractivity contribution in [2.75, 3.05) is 12.4 Å². The van der Waals surface area contributed by atoms with Gasteiger partial charge >= 0.3 is 6.18 Å². The fraction of sp³-hybridized carbons (Fsp3) is 0.333. The largest absolute Gasteiger partial charge is 0.416 e. The third-order valence-electron chi connectivity index (χ3n) is 2.13. The normalized spacial score (nSPS) is 12.2. The van der Waals surface area contributed by atoms with E-state index in [1.54, 1.807) is 6.08 Å². The molecule has 0 saturated carbocycles. The Morgan fingerprint density at radius 1 is 1.12 bits per heavy atom. The summed E-state index contributed by atoms with van der Waals surface area (Å²) in [6.45, 7) is 1.18. The summed E-state index contributed by atoms with van der Waals surface area (Å²) in [7, 11) is 0. The van der Waals surface area contributed by atoms with E-state index in [1.165, 1.54) is 12.1 Å². The van der Waals surface area contributed by atoms with E-state index in [0.29, 0.717) is 19.0 Å². The smallest absolute Gasteiger partial charge is 0.309 e. The Hall–Kier alpha value is -1.00. The highest BCUT2D eigenvalue weighted by Gasteiger charge is 2.29. The van der Waals surface area contributed by atoms with Gasteiger partial charge in [0.2, 0.25) is 0 Å². The lowest BCUT2D eigenvalue weighted by Gasteiger charge is -2.07. The van der Waals surface area contributed by atoms with Gasteiger partial charge in [-0.3, -0.25) is 0 Å². The first-order valence-electron chi connectivity index (χ1n) is 5.12. The van der Waals surface area contributed by atoms with E-state index >= 15 is 0 Å². The van der Waals surface area contributed by atoms with Gasteiger partial charge in [0, 0.05) is 19.0 Å². The molecule has 0 radical (unpaired) electrons. The van der Waals surface area contributed by atoms with Crippen LogP contribution in [0.2, 0.25) is 0 Å². The molecule has 0 aromatic heterocycles. The first-order valence-corrected chi connectivity index (χ1v) is 5.65. The molecular weight excluding hydrogens is 251 g/mol. The van der Waals surface area contributed by atoms with Gasteiger partial charge < -0.3 is 5.32 Å². The minimum Gasteiger partial charge on any atom is -0.309 e. The molecule has 0 aliphatic heterocycles. The average Bonchev–Trinajstić information content (AvgIpc) is 2.28. The second kappa shape index (κ2) is 6.67. The van der Waals surface area contributed by atoms with Gasteiger partial charge in [0.15, 0.2) is 0 Å². The van der Waals surface area contributed by atoms with E-state index in [0.717, 1.165) is 17.7 Å². The Kier molecular flexibility index (Phi) is 5.51. The molecule has 0 spiro atoms. The van der Waals surface area contributed by atoms with E-state index in [4.69, 9.17) is 11.6 Å². The van der Waals surface area contributed by atoms with Crippen LogP contribution in [0.4, 0.5) is 13.2 Å². The Balaban J connectivity index is 2.43. The van der Waals surface area contributed by atoms with Crippen LogP contribution in [0.15, 0.2) is 36.4 Å². The van der Waals surface area contributed by atoms with Gasteiger partial charge in [0.05, 0.1) is 5.56 Å². The van der Waals surface area contributed by atoms with Crippen molar-refractivity contribution in [3.63, 3.8) is 0 Å². The van der Waals surface area contributed by atoms with Crippen LogP contribution in [0, 0.1) is 0 Å². The molecule has 1 rings (SSSR count). The summed E-state index contributed by atoms with van der Waals surface area (Å²) in [5, 5.41) is 3.07. The molecule has 0 heterocycles. The predicted octanol–water partition coefficient (Wildman–Crippen LogP) is 3.59. The lowest BCUT2D eigenvalue weighted by Crippen LogP contribution is -2.13. The summed E-state index contributed by atoms with van der Waals surface area (Å²) in [5.41, 5.74) is 0.195. The molecule has 17 heavy (non-hydrogen) atoms. The van der Waals surface area contributed by atoms with Crippen LogP contribution >= 0.6 is 11.6 Å². The van der Waals surface area contributed by atoms with Crippen molar-refractivity contribution in [2.45, 2.75) is 12.7 Å². The monoisotopic (exact) mass is 263 g/mol.